The lowest BCUT2D eigenvalue weighted by Crippen LogP contribution is -2.34. The summed E-state index contributed by atoms with van der Waals surface area (Å²) in [6.07, 6.45) is 7.94. The van der Waals surface area contributed by atoms with Crippen molar-refractivity contribution in [3.63, 3.8) is 0 Å². The Kier molecular flexibility index (Phi) is 29.9. The number of aromatic hydroxyl groups is 2. The number of aliphatic hydroxyl groups is 3. The molecule has 0 spiro atoms. The Hall–Kier alpha value is -11.8. The van der Waals surface area contributed by atoms with Crippen LogP contribution in [0.1, 0.15) is 113 Å². The van der Waals surface area contributed by atoms with Gasteiger partial charge in [-0.2, -0.15) is 0 Å². The molecule has 111 heavy (non-hydrogen) atoms. The Bertz CT molecular complexity index is 4650. The van der Waals surface area contributed by atoms with Gasteiger partial charge in [-0.3, -0.25) is 0 Å². The molecule has 2 atom stereocenters. The van der Waals surface area contributed by atoms with Crippen LogP contribution in [0.5, 0.6) is 23.0 Å². The smallest absolute Gasteiger partial charge is 0.347 e. The second kappa shape index (κ2) is 40.6. The molecule has 0 saturated carbocycles. The third-order valence-electron chi connectivity index (χ3n) is 20.3. The number of aliphatic hydroxyl groups excluding tert-OH is 3. The normalized spacial score (nSPS) is 11.8. The van der Waals surface area contributed by atoms with Gasteiger partial charge in [-0.25, -0.2) is 39.5 Å². The minimum Gasteiger partial charge on any atom is -0.507 e. The van der Waals surface area contributed by atoms with Gasteiger partial charge in [0.15, 0.2) is 47.2 Å². The first-order valence-corrected chi connectivity index (χ1v) is 38.4. The maximum absolute atomic E-state index is 12.7. The van der Waals surface area contributed by atoms with Crippen molar-refractivity contribution in [2.75, 3.05) is 33.0 Å². The van der Waals surface area contributed by atoms with Crippen molar-refractivity contribution in [2.24, 2.45) is 10.8 Å². The van der Waals surface area contributed by atoms with Crippen LogP contribution in [-0.4, -0.2) is 113 Å². The van der Waals surface area contributed by atoms with E-state index >= 15 is 0 Å². The number of carbonyl (C=O) groups is 2. The number of phenolic OH excluding ortho intramolecular Hbond substituents is 2. The van der Waals surface area contributed by atoms with E-state index in [1.807, 2.05) is 198 Å². The summed E-state index contributed by atoms with van der Waals surface area (Å²) in [5.74, 6) is 1.88. The molecule has 5 N–H and O–H groups in total. The monoisotopic (exact) mass is 1490 g/mol. The Labute approximate surface area is 651 Å². The van der Waals surface area contributed by atoms with Crippen LogP contribution < -0.4 is 9.47 Å². The number of nitrogens with zero attached hydrogens (tertiary/aromatic N) is 6. The molecular weight excluding hydrogens is 1390 g/mol. The molecule has 0 saturated heterocycles. The minimum absolute atomic E-state index is 0.0731. The van der Waals surface area contributed by atoms with E-state index in [9.17, 15) is 24.9 Å². The first-order chi connectivity index (χ1) is 54.0. The highest BCUT2D eigenvalue weighted by Crippen LogP contribution is 2.38. The van der Waals surface area contributed by atoms with Gasteiger partial charge in [0, 0.05) is 45.2 Å². The first kappa shape index (κ1) is 81.8. The van der Waals surface area contributed by atoms with Crippen molar-refractivity contribution < 1.29 is 54.1 Å². The lowest BCUT2D eigenvalue weighted by atomic mass is 9.84. The van der Waals surface area contributed by atoms with Crippen molar-refractivity contribution >= 4 is 11.9 Å². The number of aromatic nitrogens is 6. The lowest BCUT2D eigenvalue weighted by molar-refractivity contribution is -0.156. The summed E-state index contributed by atoms with van der Waals surface area (Å²) in [4.78, 5) is 54.3. The van der Waals surface area contributed by atoms with Crippen LogP contribution in [-0.2, 0) is 19.1 Å². The van der Waals surface area contributed by atoms with E-state index in [1.54, 1.807) is 38.1 Å². The summed E-state index contributed by atoms with van der Waals surface area (Å²) in [5, 5.41) is 49.9. The molecule has 0 radical (unpaired) electrons. The molecule has 12 rings (SSSR count). The van der Waals surface area contributed by atoms with Crippen LogP contribution >= 0.6 is 0 Å². The maximum atomic E-state index is 12.7. The van der Waals surface area contributed by atoms with Gasteiger partial charge >= 0.3 is 11.9 Å². The molecule has 0 aliphatic rings. The summed E-state index contributed by atoms with van der Waals surface area (Å²) in [7, 11) is 0. The number of carbonyl (C=O) groups excluding carboxylic acids is 2. The van der Waals surface area contributed by atoms with E-state index in [0.29, 0.717) is 65.4 Å². The molecule has 0 bridgehead atoms. The quantitative estimate of drug-likeness (QED) is 0.0194. The molecule has 0 aliphatic heterocycles. The predicted molar refractivity (Wildman–Crippen MR) is 440 cm³/mol. The van der Waals surface area contributed by atoms with Crippen LogP contribution in [0.25, 0.3) is 113 Å². The number of phenols is 2. The number of rotatable bonds is 32. The lowest BCUT2D eigenvalue weighted by Gasteiger charge is -2.29. The zero-order valence-electron chi connectivity index (χ0n) is 64.4. The summed E-state index contributed by atoms with van der Waals surface area (Å²) < 4.78 is 22.6. The Morgan fingerprint density at radius 2 is 0.595 bits per heavy atom. The second-order valence-corrected chi connectivity index (χ2v) is 27.7. The summed E-state index contributed by atoms with van der Waals surface area (Å²) in [6, 6.07) is 82.4. The van der Waals surface area contributed by atoms with Crippen molar-refractivity contribution in [1.29, 1.82) is 0 Å². The largest absolute Gasteiger partial charge is 0.507 e. The van der Waals surface area contributed by atoms with Crippen LogP contribution in [0.2, 0.25) is 0 Å². The topological polar surface area (TPSA) is 250 Å². The van der Waals surface area contributed by atoms with Gasteiger partial charge in [0.05, 0.1) is 44.2 Å². The standard InChI is InChI=1S/C44H43N3O4.C43H41N3O5.C7H16O2/c1-3-4-5-6-7-14-29-50-44(49)31(2)51-38-27-28-39(40(48)30-38)43-46-41(36-23-19-34(20-24-36)32-15-10-8-11-16-32)45-42(47-43)37-25-21-35(22-26-37)33-17-12-9-13-18-33;1-4-43(5-2,27-47)28-50-42(49)29(3)51-36-24-25-37(38(48)26-36)41-45-39(34-20-16-32(17-21-34)30-12-8-6-9-13-30)44-40(46-41)35-22-18-33(19-23-35)31-14-10-7-11-15-31;1-3-7(4-2,5-8)6-9/h8-13,15-28,30-31,48H,3-7,14,29H2,1-2H3;6-26,29,47-48H,4-5,27-28H2,1-3H3;8-9H,3-6H2,1-2H3. The van der Waals surface area contributed by atoms with Gasteiger partial charge in [0.25, 0.3) is 0 Å². The van der Waals surface area contributed by atoms with Crippen molar-refractivity contribution in [3.05, 3.63) is 255 Å². The molecule has 0 aliphatic carbocycles. The van der Waals surface area contributed by atoms with Crippen LogP contribution in [0.3, 0.4) is 0 Å². The summed E-state index contributed by atoms with van der Waals surface area (Å²) >= 11 is 0. The molecule has 17 nitrogen and oxygen atoms in total. The second-order valence-electron chi connectivity index (χ2n) is 27.7. The third-order valence-corrected chi connectivity index (χ3v) is 20.3. The average molecular weight is 1490 g/mol. The Morgan fingerprint density at radius 1 is 0.324 bits per heavy atom. The fraction of sp³-hybridized carbons (Fsp3) is 0.277. The SMILES string of the molecule is CCC(CC)(CO)CO.CCC(CC)(CO)COC(=O)C(C)Oc1ccc(-c2nc(-c3ccc(-c4ccccc4)cc3)nc(-c3ccc(-c4ccccc4)cc3)n2)c(O)c1.CCCCCCCCOC(=O)C(C)Oc1ccc(-c2nc(-c3ccc(-c4ccccc4)cc3)nc(-c3ccc(-c4ccccc4)cc3)n2)c(O)c1. The summed E-state index contributed by atoms with van der Waals surface area (Å²) in [5.41, 5.74) is 12.1. The molecular formula is C94H100N6O11. The van der Waals surface area contributed by atoms with Crippen LogP contribution in [0.15, 0.2) is 255 Å². The van der Waals surface area contributed by atoms with Gasteiger partial charge in [0.2, 0.25) is 0 Å². The predicted octanol–water partition coefficient (Wildman–Crippen LogP) is 20.4. The van der Waals surface area contributed by atoms with Gasteiger partial charge in [-0.05, 0) is 115 Å². The van der Waals surface area contributed by atoms with Crippen molar-refractivity contribution in [1.82, 2.24) is 29.9 Å². The number of hydrogen-bond donors (Lipinski definition) is 5. The number of esters is 2. The van der Waals surface area contributed by atoms with E-state index in [2.05, 4.69) is 55.5 Å². The molecule has 12 aromatic rings. The van der Waals surface area contributed by atoms with Crippen molar-refractivity contribution in [3.8, 4) is 136 Å². The summed E-state index contributed by atoms with van der Waals surface area (Å²) in [6.45, 7) is 13.9. The van der Waals surface area contributed by atoms with E-state index in [-0.39, 0.29) is 54.9 Å². The molecule has 0 fully saturated rings. The fourth-order valence-corrected chi connectivity index (χ4v) is 12.3. The molecule has 0 amide bonds. The molecule has 10 aromatic carbocycles. The highest BCUT2D eigenvalue weighted by molar-refractivity contribution is 5.78. The van der Waals surface area contributed by atoms with Gasteiger partial charge in [0.1, 0.15) is 23.0 Å². The molecule has 2 heterocycles. The Balaban J connectivity index is 0.000000212. The number of unbranched alkanes of at least 4 members (excludes halogenated alkanes) is 5. The zero-order chi connectivity index (χ0) is 78.5. The van der Waals surface area contributed by atoms with Crippen LogP contribution in [0.4, 0.5) is 0 Å². The van der Waals surface area contributed by atoms with Gasteiger partial charge in [-0.15, -0.1) is 0 Å². The van der Waals surface area contributed by atoms with E-state index < -0.39 is 29.6 Å². The molecule has 2 unspecified atom stereocenters. The van der Waals surface area contributed by atoms with Gasteiger partial charge in [-0.1, -0.05) is 285 Å². The molecule has 17 heteroatoms. The zero-order valence-corrected chi connectivity index (χ0v) is 64.4. The number of hydrogen-bond acceptors (Lipinski definition) is 17. The minimum atomic E-state index is -0.937. The van der Waals surface area contributed by atoms with Crippen LogP contribution in [0, 0.1) is 10.8 Å². The highest BCUT2D eigenvalue weighted by atomic mass is 16.6. The van der Waals surface area contributed by atoms with Gasteiger partial charge < -0.3 is 44.5 Å². The molecule has 2 aromatic heterocycles. The van der Waals surface area contributed by atoms with Crippen molar-refractivity contribution in [2.45, 2.75) is 125 Å². The Morgan fingerprint density at radius 3 is 0.874 bits per heavy atom. The van der Waals surface area contributed by atoms with E-state index in [4.69, 9.17) is 59.1 Å². The highest BCUT2D eigenvalue weighted by Gasteiger charge is 2.30. The fourth-order valence-electron chi connectivity index (χ4n) is 12.3. The van der Waals surface area contributed by atoms with E-state index in [0.717, 1.165) is 98.9 Å². The molecule has 572 valence electrons. The first-order valence-electron chi connectivity index (χ1n) is 38.4. The number of benzene rings is 10. The number of ether oxygens (including phenoxy) is 4. The maximum Gasteiger partial charge on any atom is 0.347 e. The third kappa shape index (κ3) is 22.2. The van der Waals surface area contributed by atoms with E-state index in [1.165, 1.54) is 31.4 Å². The average Bonchev–Trinajstić information content (AvgIpc) is 0.791.